The highest BCUT2D eigenvalue weighted by atomic mass is 35.5. The van der Waals surface area contributed by atoms with Gasteiger partial charge in [0.1, 0.15) is 5.69 Å². The molecular formula is C38H37Cl2N7O3S. The monoisotopic (exact) mass is 741 g/mol. The smallest absolute Gasteiger partial charge is 0.272 e. The summed E-state index contributed by atoms with van der Waals surface area (Å²) in [5.74, 6) is 0.266. The lowest BCUT2D eigenvalue weighted by Crippen LogP contribution is -2.45. The molecule has 3 aromatic carbocycles. The minimum Gasteiger partial charge on any atom is -0.355 e. The topological polar surface area (TPSA) is 116 Å². The lowest BCUT2D eigenvalue weighted by Gasteiger charge is -2.36. The molecule has 1 aliphatic heterocycles. The first-order valence-electron chi connectivity index (χ1n) is 16.6. The van der Waals surface area contributed by atoms with E-state index >= 15 is 0 Å². The number of benzene rings is 3. The van der Waals surface area contributed by atoms with Gasteiger partial charge in [0.25, 0.3) is 5.91 Å². The zero-order chi connectivity index (χ0) is 35.9. The number of amides is 1. The van der Waals surface area contributed by atoms with Crippen LogP contribution in [-0.4, -0.2) is 70.6 Å². The Balaban J connectivity index is 1.31. The first-order chi connectivity index (χ1) is 24.5. The van der Waals surface area contributed by atoms with Crippen molar-refractivity contribution in [2.45, 2.75) is 31.8 Å². The number of aromatic nitrogens is 4. The van der Waals surface area contributed by atoms with Crippen LogP contribution in [0.15, 0.2) is 97.5 Å². The van der Waals surface area contributed by atoms with Crippen molar-refractivity contribution in [1.29, 1.82) is 0 Å². The maximum absolute atomic E-state index is 14.6. The number of halogens is 2. The molecular weight excluding hydrogens is 705 g/mol. The predicted octanol–water partition coefficient (Wildman–Crippen LogP) is 8.12. The van der Waals surface area contributed by atoms with E-state index in [0.717, 1.165) is 27.9 Å². The van der Waals surface area contributed by atoms with Gasteiger partial charge >= 0.3 is 0 Å². The highest BCUT2D eigenvalue weighted by Crippen LogP contribution is 2.42. The Kier molecular flexibility index (Phi) is 9.64. The van der Waals surface area contributed by atoms with E-state index in [1.165, 1.54) is 10.6 Å². The highest BCUT2D eigenvalue weighted by Gasteiger charge is 2.31. The van der Waals surface area contributed by atoms with Crippen molar-refractivity contribution in [3.8, 4) is 22.5 Å². The maximum Gasteiger partial charge on any atom is 0.272 e. The van der Waals surface area contributed by atoms with Crippen LogP contribution in [0, 0.1) is 0 Å². The van der Waals surface area contributed by atoms with E-state index in [0.29, 0.717) is 64.3 Å². The number of carbonyl (C=O) groups is 1. The number of pyridine rings is 1. The molecule has 1 fully saturated rings. The summed E-state index contributed by atoms with van der Waals surface area (Å²) in [5, 5.41) is 5.15. The summed E-state index contributed by atoms with van der Waals surface area (Å²) in [4.78, 5) is 29.6. The van der Waals surface area contributed by atoms with E-state index in [9.17, 15) is 13.2 Å². The summed E-state index contributed by atoms with van der Waals surface area (Å²) in [6.07, 6.45) is 6.01. The van der Waals surface area contributed by atoms with Crippen molar-refractivity contribution in [2.75, 3.05) is 36.6 Å². The molecule has 0 spiro atoms. The summed E-state index contributed by atoms with van der Waals surface area (Å²) in [6.45, 7) is 3.26. The standard InChI is InChI=1S/C38H37Cl2N7O3S/c1-24(25-11-13-27(39)14-12-25)47-23-42-34(26-8-5-4-6-9-26)36(47)33-30-16-15-28(40)22-32(30)43-35(33)38(48)44-31-10-7-19-41-37(31)46-20-17-29(18-21-46)45(2)51(3,49)50/h4-16,19,22-24,29,43H,17-18,20-21H2,1-3H3,(H,44,48). The molecule has 1 atom stereocenters. The van der Waals surface area contributed by atoms with Gasteiger partial charge in [-0.25, -0.2) is 22.7 Å². The number of nitrogens with one attached hydrogen (secondary N) is 2. The van der Waals surface area contributed by atoms with Gasteiger partial charge in [0.2, 0.25) is 10.0 Å². The summed E-state index contributed by atoms with van der Waals surface area (Å²) in [7, 11) is -1.68. The first-order valence-corrected chi connectivity index (χ1v) is 19.2. The third-order valence-electron chi connectivity index (χ3n) is 9.67. The zero-order valence-corrected chi connectivity index (χ0v) is 30.7. The fourth-order valence-corrected chi connectivity index (χ4v) is 7.89. The second-order valence-electron chi connectivity index (χ2n) is 12.8. The fraction of sp³-hybridized carbons (Fsp3) is 0.237. The van der Waals surface area contributed by atoms with E-state index in [1.807, 2.05) is 85.2 Å². The number of rotatable bonds is 9. The molecule has 1 amide bonds. The molecule has 0 aliphatic carbocycles. The van der Waals surface area contributed by atoms with Crippen LogP contribution in [0.3, 0.4) is 0 Å². The molecule has 0 bridgehead atoms. The highest BCUT2D eigenvalue weighted by molar-refractivity contribution is 7.88. The minimum atomic E-state index is -3.30. The summed E-state index contributed by atoms with van der Waals surface area (Å²) in [6, 6.07) is 26.5. The van der Waals surface area contributed by atoms with Gasteiger partial charge in [-0.2, -0.15) is 0 Å². The Hall–Kier alpha value is -4.68. The Labute approximate surface area is 307 Å². The van der Waals surface area contributed by atoms with E-state index in [1.54, 1.807) is 19.3 Å². The molecule has 10 nitrogen and oxygen atoms in total. The third kappa shape index (κ3) is 6.99. The van der Waals surface area contributed by atoms with Gasteiger partial charge in [-0.05, 0) is 61.7 Å². The van der Waals surface area contributed by atoms with Crippen LogP contribution in [0.5, 0.6) is 0 Å². The third-order valence-corrected chi connectivity index (χ3v) is 11.5. The summed E-state index contributed by atoms with van der Waals surface area (Å²) < 4.78 is 27.9. The van der Waals surface area contributed by atoms with Gasteiger partial charge < -0.3 is 19.8 Å². The summed E-state index contributed by atoms with van der Waals surface area (Å²) >= 11 is 12.7. The van der Waals surface area contributed by atoms with Crippen molar-refractivity contribution >= 4 is 61.5 Å². The van der Waals surface area contributed by atoms with Crippen LogP contribution in [-0.2, 0) is 10.0 Å². The van der Waals surface area contributed by atoms with Crippen molar-refractivity contribution < 1.29 is 13.2 Å². The number of imidazole rings is 1. The van der Waals surface area contributed by atoms with Crippen molar-refractivity contribution in [3.63, 3.8) is 0 Å². The molecule has 0 radical (unpaired) electrons. The van der Waals surface area contributed by atoms with Gasteiger partial charge in [0.15, 0.2) is 5.82 Å². The molecule has 3 aromatic heterocycles. The summed E-state index contributed by atoms with van der Waals surface area (Å²) in [5.41, 5.74) is 5.71. The largest absolute Gasteiger partial charge is 0.355 e. The van der Waals surface area contributed by atoms with Crippen LogP contribution < -0.4 is 10.2 Å². The van der Waals surface area contributed by atoms with E-state index < -0.39 is 10.0 Å². The minimum absolute atomic E-state index is 0.0994. The molecule has 1 saturated heterocycles. The number of sulfonamides is 1. The van der Waals surface area contributed by atoms with Gasteiger partial charge in [-0.3, -0.25) is 4.79 Å². The molecule has 1 unspecified atom stereocenters. The molecule has 1 aliphatic rings. The van der Waals surface area contributed by atoms with E-state index in [-0.39, 0.29) is 18.0 Å². The number of piperidine rings is 1. The number of H-pyrrole nitrogens is 1. The number of hydrogen-bond acceptors (Lipinski definition) is 6. The Morgan fingerprint density at radius 3 is 2.37 bits per heavy atom. The van der Waals surface area contributed by atoms with Crippen molar-refractivity contribution in [1.82, 2.24) is 23.8 Å². The van der Waals surface area contributed by atoms with Gasteiger partial charge in [-0.1, -0.05) is 71.7 Å². The molecule has 262 valence electrons. The van der Waals surface area contributed by atoms with Crippen LogP contribution in [0.2, 0.25) is 10.0 Å². The number of nitrogens with zero attached hydrogens (tertiary/aromatic N) is 5. The van der Waals surface area contributed by atoms with E-state index in [2.05, 4.69) is 31.7 Å². The zero-order valence-electron chi connectivity index (χ0n) is 28.3. The molecule has 0 saturated carbocycles. The first kappa shape index (κ1) is 34.8. The van der Waals surface area contributed by atoms with Crippen molar-refractivity contribution in [2.24, 2.45) is 0 Å². The Morgan fingerprint density at radius 2 is 1.67 bits per heavy atom. The molecule has 7 rings (SSSR count). The Morgan fingerprint density at radius 1 is 0.961 bits per heavy atom. The normalized spacial score (nSPS) is 14.7. The SMILES string of the molecule is CC(c1ccc(Cl)cc1)n1cnc(-c2ccccc2)c1-c1c(C(=O)Nc2cccnc2N2CCC(N(C)S(C)(=O)=O)CC2)[nH]c2cc(Cl)ccc12. The molecule has 6 aromatic rings. The van der Waals surface area contributed by atoms with Crippen LogP contribution in [0.25, 0.3) is 33.4 Å². The number of aromatic amines is 1. The average molecular weight is 743 g/mol. The second-order valence-corrected chi connectivity index (χ2v) is 15.7. The quantitative estimate of drug-likeness (QED) is 0.155. The second kappa shape index (κ2) is 14.1. The molecule has 13 heteroatoms. The van der Waals surface area contributed by atoms with Gasteiger partial charge in [0, 0.05) is 64.5 Å². The Bertz CT molecular complexity index is 2320. The van der Waals surface area contributed by atoms with Crippen LogP contribution >= 0.6 is 23.2 Å². The number of carbonyl (C=O) groups excluding carboxylic acids is 1. The lowest BCUT2D eigenvalue weighted by atomic mass is 9.99. The lowest BCUT2D eigenvalue weighted by molar-refractivity contribution is 0.102. The number of fused-ring (bicyclic) bond motifs is 1. The van der Waals surface area contributed by atoms with Gasteiger partial charge in [0.05, 0.1) is 35.7 Å². The van der Waals surface area contributed by atoms with E-state index in [4.69, 9.17) is 28.2 Å². The maximum atomic E-state index is 14.6. The van der Waals surface area contributed by atoms with Crippen LogP contribution in [0.4, 0.5) is 11.5 Å². The van der Waals surface area contributed by atoms with Crippen LogP contribution in [0.1, 0.15) is 41.9 Å². The molecule has 4 heterocycles. The fourth-order valence-electron chi connectivity index (χ4n) is 6.84. The van der Waals surface area contributed by atoms with Crippen molar-refractivity contribution in [3.05, 3.63) is 119 Å². The average Bonchev–Trinajstić information content (AvgIpc) is 3.73. The van der Waals surface area contributed by atoms with Gasteiger partial charge in [-0.15, -0.1) is 0 Å². The molecule has 51 heavy (non-hydrogen) atoms. The number of anilines is 2. The molecule has 2 N–H and O–H groups in total. The number of hydrogen-bond donors (Lipinski definition) is 2. The predicted molar refractivity (Wildman–Crippen MR) is 205 cm³/mol.